The summed E-state index contributed by atoms with van der Waals surface area (Å²) in [6, 6.07) is 4.77. The maximum atomic E-state index is 11.0. The number of aromatic carboxylic acids is 1. The predicted molar refractivity (Wildman–Crippen MR) is 66.8 cm³/mol. The molecule has 0 aliphatic heterocycles. The average molecular weight is 246 g/mol. The van der Waals surface area contributed by atoms with Crippen LogP contribution in [0.1, 0.15) is 17.3 Å². The highest BCUT2D eigenvalue weighted by Gasteiger charge is 2.12. The number of carboxylic acids is 1. The molecule has 0 aliphatic carbocycles. The number of benzene rings is 1. The van der Waals surface area contributed by atoms with Crippen LogP contribution < -0.4 is 4.74 Å². The zero-order chi connectivity index (χ0) is 13.1. The maximum Gasteiger partial charge on any atom is 0.335 e. The molecular weight excluding hydrogens is 232 g/mol. The average Bonchev–Trinajstić information content (AvgIpc) is 2.86. The van der Waals surface area contributed by atoms with Gasteiger partial charge in [0.2, 0.25) is 0 Å². The van der Waals surface area contributed by atoms with Gasteiger partial charge >= 0.3 is 5.97 Å². The highest BCUT2D eigenvalue weighted by molar-refractivity contribution is 5.90. The number of carboxylic acid groups (broad SMARTS) is 1. The molecule has 0 atom stereocenters. The van der Waals surface area contributed by atoms with Gasteiger partial charge in [0, 0.05) is 23.9 Å². The molecule has 0 spiro atoms. The molecule has 0 saturated carbocycles. The zero-order valence-electron chi connectivity index (χ0n) is 10.3. The van der Waals surface area contributed by atoms with Crippen LogP contribution >= 0.6 is 0 Å². The molecule has 0 aliphatic rings. The summed E-state index contributed by atoms with van der Waals surface area (Å²) in [5.74, 6) is -0.322. The van der Waals surface area contributed by atoms with Gasteiger partial charge in [-0.05, 0) is 25.1 Å². The molecule has 0 fully saturated rings. The van der Waals surface area contributed by atoms with Crippen LogP contribution in [-0.4, -0.2) is 28.0 Å². The lowest BCUT2D eigenvalue weighted by molar-refractivity contribution is 0.0697. The van der Waals surface area contributed by atoms with Gasteiger partial charge in [0.05, 0.1) is 18.9 Å². The predicted octanol–water partition coefficient (Wildman–Crippen LogP) is 2.28. The summed E-state index contributed by atoms with van der Waals surface area (Å²) in [5, 5.41) is 13.2. The van der Waals surface area contributed by atoms with Crippen molar-refractivity contribution in [2.45, 2.75) is 13.5 Å². The summed E-state index contributed by atoms with van der Waals surface area (Å²) in [4.78, 5) is 11.0. The van der Waals surface area contributed by atoms with Gasteiger partial charge in [-0.3, -0.25) is 4.68 Å². The Morgan fingerprint density at radius 2 is 2.28 bits per heavy atom. The van der Waals surface area contributed by atoms with E-state index in [1.54, 1.807) is 30.1 Å². The van der Waals surface area contributed by atoms with E-state index in [0.29, 0.717) is 5.75 Å². The first-order chi connectivity index (χ1) is 8.65. The van der Waals surface area contributed by atoms with E-state index in [2.05, 4.69) is 5.10 Å². The van der Waals surface area contributed by atoms with Gasteiger partial charge < -0.3 is 9.84 Å². The fourth-order valence-electron chi connectivity index (χ4n) is 1.74. The van der Waals surface area contributed by atoms with Gasteiger partial charge in [0.15, 0.2) is 0 Å². The summed E-state index contributed by atoms with van der Waals surface area (Å²) in [5.41, 5.74) is 1.81. The molecule has 0 amide bonds. The quantitative estimate of drug-likeness (QED) is 0.898. The molecule has 0 saturated heterocycles. The van der Waals surface area contributed by atoms with Crippen molar-refractivity contribution >= 4 is 5.97 Å². The number of rotatable bonds is 4. The van der Waals surface area contributed by atoms with E-state index in [1.165, 1.54) is 6.07 Å². The molecule has 2 rings (SSSR count). The van der Waals surface area contributed by atoms with Gasteiger partial charge in [-0.2, -0.15) is 5.10 Å². The lowest BCUT2D eigenvalue weighted by Crippen LogP contribution is -1.97. The highest BCUT2D eigenvalue weighted by Crippen LogP contribution is 2.30. The van der Waals surface area contributed by atoms with Crippen LogP contribution in [0.15, 0.2) is 30.6 Å². The fourth-order valence-corrected chi connectivity index (χ4v) is 1.74. The normalized spacial score (nSPS) is 10.3. The van der Waals surface area contributed by atoms with Crippen LogP contribution in [0.3, 0.4) is 0 Å². The third-order valence-electron chi connectivity index (χ3n) is 2.71. The van der Waals surface area contributed by atoms with Crippen LogP contribution in [-0.2, 0) is 6.54 Å². The standard InChI is InChI=1S/C13H14N2O3/c1-3-15-8-10(7-14-15)11-6-9(13(16)17)4-5-12(11)18-2/h4-8H,3H2,1-2H3,(H,16,17). The maximum absolute atomic E-state index is 11.0. The second-order valence-corrected chi connectivity index (χ2v) is 3.80. The van der Waals surface area contributed by atoms with Gasteiger partial charge in [-0.15, -0.1) is 0 Å². The Morgan fingerprint density at radius 3 is 2.83 bits per heavy atom. The van der Waals surface area contributed by atoms with Crippen molar-refractivity contribution in [1.29, 1.82) is 0 Å². The lowest BCUT2D eigenvalue weighted by atomic mass is 10.0. The Hall–Kier alpha value is -2.30. The molecule has 1 heterocycles. The van der Waals surface area contributed by atoms with Crippen molar-refractivity contribution in [2.75, 3.05) is 7.11 Å². The zero-order valence-corrected chi connectivity index (χ0v) is 10.3. The van der Waals surface area contributed by atoms with E-state index in [9.17, 15) is 4.79 Å². The van der Waals surface area contributed by atoms with Crippen LogP contribution in [0, 0.1) is 0 Å². The van der Waals surface area contributed by atoms with Crippen molar-refractivity contribution in [3.05, 3.63) is 36.2 Å². The van der Waals surface area contributed by atoms with Crippen LogP contribution in [0.5, 0.6) is 5.75 Å². The van der Waals surface area contributed by atoms with E-state index in [0.717, 1.165) is 17.7 Å². The van der Waals surface area contributed by atoms with Crippen LogP contribution in [0.2, 0.25) is 0 Å². The second kappa shape index (κ2) is 4.91. The number of carbonyl (C=O) groups is 1. The van der Waals surface area contributed by atoms with Gasteiger partial charge in [-0.25, -0.2) is 4.79 Å². The molecule has 5 heteroatoms. The number of aromatic nitrogens is 2. The monoisotopic (exact) mass is 246 g/mol. The highest BCUT2D eigenvalue weighted by atomic mass is 16.5. The Labute approximate surface area is 105 Å². The van der Waals surface area contributed by atoms with Crippen molar-refractivity contribution in [3.8, 4) is 16.9 Å². The summed E-state index contributed by atoms with van der Waals surface area (Å²) in [6.07, 6.45) is 3.57. The number of methoxy groups -OCH3 is 1. The van der Waals surface area contributed by atoms with E-state index < -0.39 is 5.97 Å². The smallest absolute Gasteiger partial charge is 0.335 e. The van der Waals surface area contributed by atoms with Crippen molar-refractivity contribution in [2.24, 2.45) is 0 Å². The fraction of sp³-hybridized carbons (Fsp3) is 0.231. The molecule has 2 aromatic rings. The molecule has 1 aromatic heterocycles. The molecule has 1 aromatic carbocycles. The number of hydrogen-bond acceptors (Lipinski definition) is 3. The first-order valence-electron chi connectivity index (χ1n) is 5.60. The van der Waals surface area contributed by atoms with E-state index in [-0.39, 0.29) is 5.56 Å². The third kappa shape index (κ3) is 2.20. The van der Waals surface area contributed by atoms with E-state index >= 15 is 0 Å². The molecule has 0 unspecified atom stereocenters. The summed E-state index contributed by atoms with van der Waals surface area (Å²) < 4.78 is 7.03. The molecule has 0 bridgehead atoms. The number of hydrogen-bond donors (Lipinski definition) is 1. The van der Waals surface area contributed by atoms with Crippen LogP contribution in [0.25, 0.3) is 11.1 Å². The Bertz CT molecular complexity index is 575. The van der Waals surface area contributed by atoms with Gasteiger partial charge in [0.1, 0.15) is 5.75 Å². The summed E-state index contributed by atoms with van der Waals surface area (Å²) in [6.45, 7) is 2.75. The topological polar surface area (TPSA) is 64.4 Å². The molecule has 0 radical (unpaired) electrons. The van der Waals surface area contributed by atoms with Crippen LogP contribution in [0.4, 0.5) is 0 Å². The van der Waals surface area contributed by atoms with Gasteiger partial charge in [-0.1, -0.05) is 0 Å². The Morgan fingerprint density at radius 1 is 1.50 bits per heavy atom. The molecule has 94 valence electrons. The lowest BCUT2D eigenvalue weighted by Gasteiger charge is -2.07. The minimum Gasteiger partial charge on any atom is -0.496 e. The minimum absolute atomic E-state index is 0.232. The van der Waals surface area contributed by atoms with Crippen molar-refractivity contribution < 1.29 is 14.6 Å². The Kier molecular flexibility index (Phi) is 3.32. The van der Waals surface area contributed by atoms with Gasteiger partial charge in [0.25, 0.3) is 0 Å². The van der Waals surface area contributed by atoms with E-state index in [1.807, 2.05) is 13.1 Å². The molecular formula is C13H14N2O3. The minimum atomic E-state index is -0.957. The summed E-state index contributed by atoms with van der Waals surface area (Å²) in [7, 11) is 1.56. The molecule has 5 nitrogen and oxygen atoms in total. The number of ether oxygens (including phenoxy) is 1. The molecule has 1 N–H and O–H groups in total. The molecule has 18 heavy (non-hydrogen) atoms. The Balaban J connectivity index is 2.52. The van der Waals surface area contributed by atoms with Crippen molar-refractivity contribution in [1.82, 2.24) is 9.78 Å². The van der Waals surface area contributed by atoms with Crippen molar-refractivity contribution in [3.63, 3.8) is 0 Å². The largest absolute Gasteiger partial charge is 0.496 e. The number of aryl methyl sites for hydroxylation is 1. The second-order valence-electron chi connectivity index (χ2n) is 3.80. The number of nitrogens with zero attached hydrogens (tertiary/aromatic N) is 2. The van der Waals surface area contributed by atoms with E-state index in [4.69, 9.17) is 9.84 Å². The first kappa shape index (κ1) is 12.2. The first-order valence-corrected chi connectivity index (χ1v) is 5.60. The third-order valence-corrected chi connectivity index (χ3v) is 2.71. The SMILES string of the molecule is CCn1cc(-c2cc(C(=O)O)ccc2OC)cn1. The summed E-state index contributed by atoms with van der Waals surface area (Å²) >= 11 is 0.